The van der Waals surface area contributed by atoms with Crippen molar-refractivity contribution < 1.29 is 18.7 Å². The predicted octanol–water partition coefficient (Wildman–Crippen LogP) is 2.79. The summed E-state index contributed by atoms with van der Waals surface area (Å²) in [6.45, 7) is 1.93. The van der Waals surface area contributed by atoms with E-state index in [2.05, 4.69) is 5.32 Å². The van der Waals surface area contributed by atoms with Crippen molar-refractivity contribution in [2.75, 3.05) is 19.6 Å². The van der Waals surface area contributed by atoms with E-state index >= 15 is 0 Å². The van der Waals surface area contributed by atoms with E-state index in [4.69, 9.17) is 9.15 Å². The molecule has 1 atom stereocenters. The quantitative estimate of drug-likeness (QED) is 0.863. The third kappa shape index (κ3) is 4.28. The maximum Gasteiger partial charge on any atom is 0.257 e. The highest BCUT2D eigenvalue weighted by Crippen LogP contribution is 2.39. The van der Waals surface area contributed by atoms with Crippen molar-refractivity contribution in [1.29, 1.82) is 0 Å². The Bertz CT molecular complexity index is 795. The minimum atomic E-state index is -0.151. The molecule has 0 radical (unpaired) electrons. The number of nitrogens with one attached hydrogen (secondary N) is 1. The van der Waals surface area contributed by atoms with Crippen molar-refractivity contribution in [3.8, 4) is 0 Å². The molecule has 2 aromatic rings. The van der Waals surface area contributed by atoms with Crippen LogP contribution in [-0.4, -0.2) is 48.1 Å². The molecule has 1 spiro atoms. The van der Waals surface area contributed by atoms with Gasteiger partial charge in [-0.3, -0.25) is 9.59 Å². The first kappa shape index (κ1) is 18.7. The number of hydrogen-bond donors (Lipinski definition) is 1. The maximum absolute atomic E-state index is 12.4. The van der Waals surface area contributed by atoms with Gasteiger partial charge >= 0.3 is 0 Å². The average molecular weight is 382 g/mol. The molecule has 1 aromatic carbocycles. The largest absolute Gasteiger partial charge is 0.472 e. The molecule has 2 aliphatic heterocycles. The SMILES string of the molecule is O=C(Cc1ccccc1)NC[C@H]1CCC2(CCN(C(=O)c3ccoc3)CC2)O1. The lowest BCUT2D eigenvalue weighted by atomic mass is 9.88. The summed E-state index contributed by atoms with van der Waals surface area (Å²) in [6.07, 6.45) is 7.07. The molecule has 2 fully saturated rings. The first-order chi connectivity index (χ1) is 13.6. The highest BCUT2D eigenvalue weighted by molar-refractivity contribution is 5.93. The number of hydrogen-bond acceptors (Lipinski definition) is 4. The second-order valence-electron chi connectivity index (χ2n) is 7.73. The predicted molar refractivity (Wildman–Crippen MR) is 104 cm³/mol. The molecule has 1 aromatic heterocycles. The maximum atomic E-state index is 12.4. The summed E-state index contributed by atoms with van der Waals surface area (Å²) in [4.78, 5) is 26.5. The van der Waals surface area contributed by atoms with Crippen LogP contribution < -0.4 is 5.32 Å². The molecular weight excluding hydrogens is 356 g/mol. The lowest BCUT2D eigenvalue weighted by Crippen LogP contribution is -2.47. The molecule has 6 heteroatoms. The van der Waals surface area contributed by atoms with Gasteiger partial charge in [0.1, 0.15) is 6.26 Å². The number of amides is 2. The lowest BCUT2D eigenvalue weighted by molar-refractivity contribution is -0.122. The van der Waals surface area contributed by atoms with E-state index in [9.17, 15) is 9.59 Å². The van der Waals surface area contributed by atoms with Gasteiger partial charge in [0.05, 0.1) is 30.0 Å². The number of rotatable bonds is 5. The van der Waals surface area contributed by atoms with E-state index in [1.54, 1.807) is 6.07 Å². The fraction of sp³-hybridized carbons (Fsp3) is 0.455. The summed E-state index contributed by atoms with van der Waals surface area (Å²) in [5, 5.41) is 3.00. The Balaban J connectivity index is 1.22. The molecule has 148 valence electrons. The number of likely N-dealkylation sites (tertiary alicyclic amines) is 1. The second kappa shape index (κ2) is 8.19. The molecule has 2 amide bonds. The molecule has 0 saturated carbocycles. The van der Waals surface area contributed by atoms with Crippen LogP contribution in [0.3, 0.4) is 0 Å². The number of benzene rings is 1. The standard InChI is InChI=1S/C22H26N2O4/c25-20(14-17-4-2-1-3-5-17)23-15-19-6-8-22(28-19)9-11-24(12-10-22)21(26)18-7-13-27-16-18/h1-5,7,13,16,19H,6,8-12,14-15H2,(H,23,25)/t19-/m1/s1. The van der Waals surface area contributed by atoms with Gasteiger partial charge in [-0.2, -0.15) is 0 Å². The highest BCUT2D eigenvalue weighted by Gasteiger charge is 2.43. The van der Waals surface area contributed by atoms with Crippen LogP contribution in [0.25, 0.3) is 0 Å². The van der Waals surface area contributed by atoms with Crippen molar-refractivity contribution >= 4 is 11.8 Å². The number of carbonyl (C=O) groups excluding carboxylic acids is 2. The Morgan fingerprint density at radius 1 is 1.11 bits per heavy atom. The Labute approximate surface area is 164 Å². The third-order valence-electron chi connectivity index (χ3n) is 5.80. The number of furan rings is 1. The highest BCUT2D eigenvalue weighted by atomic mass is 16.5. The lowest BCUT2D eigenvalue weighted by Gasteiger charge is -2.39. The summed E-state index contributed by atoms with van der Waals surface area (Å²) in [6, 6.07) is 11.4. The van der Waals surface area contributed by atoms with Gasteiger partial charge in [0.15, 0.2) is 0 Å². The molecule has 1 N–H and O–H groups in total. The molecule has 0 aliphatic carbocycles. The molecule has 4 rings (SSSR count). The van der Waals surface area contributed by atoms with Gasteiger partial charge in [-0.25, -0.2) is 0 Å². The van der Waals surface area contributed by atoms with Gasteiger partial charge in [0, 0.05) is 19.6 Å². The minimum Gasteiger partial charge on any atom is -0.472 e. The van der Waals surface area contributed by atoms with Gasteiger partial charge in [0.2, 0.25) is 5.91 Å². The molecule has 2 saturated heterocycles. The topological polar surface area (TPSA) is 71.8 Å². The molecule has 0 bridgehead atoms. The summed E-state index contributed by atoms with van der Waals surface area (Å²) in [7, 11) is 0. The van der Waals surface area contributed by atoms with Gasteiger partial charge < -0.3 is 19.4 Å². The van der Waals surface area contributed by atoms with Gasteiger partial charge in [-0.1, -0.05) is 30.3 Å². The zero-order valence-corrected chi connectivity index (χ0v) is 15.9. The van der Waals surface area contributed by atoms with Crippen molar-refractivity contribution in [2.45, 2.75) is 43.8 Å². The van der Waals surface area contributed by atoms with Gasteiger partial charge in [-0.05, 0) is 37.3 Å². The van der Waals surface area contributed by atoms with Crippen LogP contribution in [0.1, 0.15) is 41.6 Å². The van der Waals surface area contributed by atoms with Crippen LogP contribution in [0.2, 0.25) is 0 Å². The molecule has 28 heavy (non-hydrogen) atoms. The van der Waals surface area contributed by atoms with Gasteiger partial charge in [0.25, 0.3) is 5.91 Å². The van der Waals surface area contributed by atoms with Crippen LogP contribution in [0, 0.1) is 0 Å². The van der Waals surface area contributed by atoms with E-state index < -0.39 is 0 Å². The van der Waals surface area contributed by atoms with Crippen LogP contribution in [0.5, 0.6) is 0 Å². The van der Waals surface area contributed by atoms with E-state index in [1.807, 2.05) is 35.2 Å². The van der Waals surface area contributed by atoms with Crippen molar-refractivity contribution in [3.63, 3.8) is 0 Å². The van der Waals surface area contributed by atoms with Gasteiger partial charge in [-0.15, -0.1) is 0 Å². The van der Waals surface area contributed by atoms with Crippen molar-refractivity contribution in [3.05, 3.63) is 60.1 Å². The van der Waals surface area contributed by atoms with Crippen molar-refractivity contribution in [2.24, 2.45) is 0 Å². The van der Waals surface area contributed by atoms with Crippen LogP contribution in [0.4, 0.5) is 0 Å². The molecular formula is C22H26N2O4. The number of piperidine rings is 1. The molecule has 0 unspecified atom stereocenters. The third-order valence-corrected chi connectivity index (χ3v) is 5.80. The zero-order valence-electron chi connectivity index (χ0n) is 15.9. The van der Waals surface area contributed by atoms with Crippen LogP contribution in [-0.2, 0) is 16.0 Å². The molecule has 6 nitrogen and oxygen atoms in total. The van der Waals surface area contributed by atoms with E-state index in [1.165, 1.54) is 12.5 Å². The average Bonchev–Trinajstić information content (AvgIpc) is 3.38. The van der Waals surface area contributed by atoms with E-state index in [0.717, 1.165) is 31.2 Å². The molecule has 2 aliphatic rings. The Morgan fingerprint density at radius 3 is 2.61 bits per heavy atom. The smallest absolute Gasteiger partial charge is 0.257 e. The summed E-state index contributed by atoms with van der Waals surface area (Å²) in [5.41, 5.74) is 1.46. The monoisotopic (exact) mass is 382 g/mol. The summed E-state index contributed by atoms with van der Waals surface area (Å²) >= 11 is 0. The number of nitrogens with zero attached hydrogens (tertiary/aromatic N) is 1. The van der Waals surface area contributed by atoms with E-state index in [-0.39, 0.29) is 23.5 Å². The summed E-state index contributed by atoms with van der Waals surface area (Å²) < 4.78 is 11.3. The van der Waals surface area contributed by atoms with Crippen LogP contribution in [0.15, 0.2) is 53.3 Å². The zero-order chi connectivity index (χ0) is 19.4. The Hall–Kier alpha value is -2.60. The first-order valence-electron chi connectivity index (χ1n) is 9.93. The number of carbonyl (C=O) groups is 2. The Morgan fingerprint density at radius 2 is 1.89 bits per heavy atom. The van der Waals surface area contributed by atoms with Crippen LogP contribution >= 0.6 is 0 Å². The summed E-state index contributed by atoms with van der Waals surface area (Å²) in [5.74, 6) is 0.0441. The fourth-order valence-electron chi connectivity index (χ4n) is 4.16. The normalized spacial score (nSPS) is 21.0. The minimum absolute atomic E-state index is 0.0197. The second-order valence-corrected chi connectivity index (χ2v) is 7.73. The van der Waals surface area contributed by atoms with Crippen molar-refractivity contribution in [1.82, 2.24) is 10.2 Å². The number of ether oxygens (including phenoxy) is 1. The molecule has 3 heterocycles. The Kier molecular flexibility index (Phi) is 5.48. The fourth-order valence-corrected chi connectivity index (χ4v) is 4.16. The first-order valence-corrected chi connectivity index (χ1v) is 9.93. The van der Waals surface area contributed by atoms with E-state index in [0.29, 0.717) is 31.6 Å².